The van der Waals surface area contributed by atoms with E-state index in [1.807, 2.05) is 35.2 Å². The van der Waals surface area contributed by atoms with E-state index in [9.17, 15) is 14.0 Å². The molecule has 4 rings (SSSR count). The van der Waals surface area contributed by atoms with Gasteiger partial charge in [-0.05, 0) is 41.8 Å². The number of ether oxygens (including phenoxy) is 2. The minimum atomic E-state index is -0.574. The number of hydrogen-bond donors (Lipinski definition) is 1. The molecule has 9 nitrogen and oxygen atoms in total. The summed E-state index contributed by atoms with van der Waals surface area (Å²) in [5.41, 5.74) is 1.81. The SMILES string of the molecule is COC(=O)c1cn([C@H]2C[C@@H](C(=O)NCc3ccc(OC)cc3)N(Cc3cccc(F)c3)C2)nn1. The van der Waals surface area contributed by atoms with E-state index in [1.54, 1.807) is 17.9 Å². The molecule has 34 heavy (non-hydrogen) atoms. The van der Waals surface area contributed by atoms with Crippen LogP contribution in [0.2, 0.25) is 0 Å². The maximum Gasteiger partial charge on any atom is 0.360 e. The number of benzene rings is 2. The van der Waals surface area contributed by atoms with E-state index < -0.39 is 12.0 Å². The number of carbonyl (C=O) groups is 2. The van der Waals surface area contributed by atoms with Gasteiger partial charge in [-0.3, -0.25) is 9.69 Å². The molecule has 0 unspecified atom stereocenters. The second kappa shape index (κ2) is 10.4. The van der Waals surface area contributed by atoms with Crippen LogP contribution in [-0.4, -0.2) is 58.6 Å². The van der Waals surface area contributed by atoms with Gasteiger partial charge in [0.15, 0.2) is 5.69 Å². The quantitative estimate of drug-likeness (QED) is 0.508. The lowest BCUT2D eigenvalue weighted by molar-refractivity contribution is -0.125. The number of rotatable bonds is 8. The zero-order valence-corrected chi connectivity index (χ0v) is 19.0. The number of carbonyl (C=O) groups excluding carboxylic acids is 2. The summed E-state index contributed by atoms with van der Waals surface area (Å²) in [5.74, 6) is -0.292. The molecule has 10 heteroatoms. The number of nitrogens with one attached hydrogen (secondary N) is 1. The van der Waals surface area contributed by atoms with E-state index in [4.69, 9.17) is 9.47 Å². The summed E-state index contributed by atoms with van der Waals surface area (Å²) in [7, 11) is 2.88. The average Bonchev–Trinajstić information content (AvgIpc) is 3.50. The fourth-order valence-corrected chi connectivity index (χ4v) is 4.09. The molecule has 1 fully saturated rings. The third kappa shape index (κ3) is 5.40. The van der Waals surface area contributed by atoms with Gasteiger partial charge in [-0.25, -0.2) is 13.9 Å². The molecule has 1 aromatic heterocycles. The number of esters is 1. The Morgan fingerprint density at radius 2 is 1.94 bits per heavy atom. The minimum Gasteiger partial charge on any atom is -0.497 e. The van der Waals surface area contributed by atoms with Crippen LogP contribution in [0, 0.1) is 5.82 Å². The molecule has 2 heterocycles. The van der Waals surface area contributed by atoms with Crippen LogP contribution in [-0.2, 0) is 22.6 Å². The zero-order valence-electron chi connectivity index (χ0n) is 19.0. The van der Waals surface area contributed by atoms with E-state index >= 15 is 0 Å². The predicted octanol–water partition coefficient (Wildman–Crippen LogP) is 2.34. The molecule has 3 aromatic rings. The van der Waals surface area contributed by atoms with Gasteiger partial charge in [-0.1, -0.05) is 29.5 Å². The molecule has 1 N–H and O–H groups in total. The summed E-state index contributed by atoms with van der Waals surface area (Å²) in [5, 5.41) is 10.9. The monoisotopic (exact) mass is 467 g/mol. The van der Waals surface area contributed by atoms with E-state index in [0.29, 0.717) is 26.1 Å². The van der Waals surface area contributed by atoms with Gasteiger partial charge >= 0.3 is 5.97 Å². The number of aromatic nitrogens is 3. The number of methoxy groups -OCH3 is 2. The molecular weight excluding hydrogens is 441 g/mol. The van der Waals surface area contributed by atoms with Crippen molar-refractivity contribution in [3.05, 3.63) is 77.4 Å². The van der Waals surface area contributed by atoms with Crippen molar-refractivity contribution in [2.45, 2.75) is 31.6 Å². The Bertz CT molecular complexity index is 1150. The van der Waals surface area contributed by atoms with Gasteiger partial charge in [0.05, 0.1) is 32.5 Å². The van der Waals surface area contributed by atoms with E-state index in [1.165, 1.54) is 25.4 Å². The normalized spacial score (nSPS) is 18.0. The molecule has 1 aliphatic rings. The van der Waals surface area contributed by atoms with Crippen LogP contribution in [0.1, 0.15) is 34.1 Å². The number of amides is 1. The van der Waals surface area contributed by atoms with Crippen molar-refractivity contribution in [3.63, 3.8) is 0 Å². The maximum absolute atomic E-state index is 13.7. The predicted molar refractivity (Wildman–Crippen MR) is 120 cm³/mol. The molecule has 0 radical (unpaired) electrons. The van der Waals surface area contributed by atoms with Gasteiger partial charge in [0.25, 0.3) is 0 Å². The molecule has 1 aliphatic heterocycles. The second-order valence-electron chi connectivity index (χ2n) is 8.11. The number of hydrogen-bond acceptors (Lipinski definition) is 7. The summed E-state index contributed by atoms with van der Waals surface area (Å²) in [4.78, 5) is 26.9. The van der Waals surface area contributed by atoms with Crippen molar-refractivity contribution >= 4 is 11.9 Å². The van der Waals surface area contributed by atoms with Crippen LogP contribution in [0.15, 0.2) is 54.7 Å². The fourth-order valence-electron chi connectivity index (χ4n) is 4.09. The summed E-state index contributed by atoms with van der Waals surface area (Å²) in [6, 6.07) is 13.2. The van der Waals surface area contributed by atoms with E-state index in [0.717, 1.165) is 16.9 Å². The van der Waals surface area contributed by atoms with Crippen molar-refractivity contribution in [3.8, 4) is 5.75 Å². The zero-order chi connectivity index (χ0) is 24.1. The Labute approximate surface area is 196 Å². The van der Waals surface area contributed by atoms with Gasteiger partial charge in [0.2, 0.25) is 5.91 Å². The molecule has 0 spiro atoms. The number of likely N-dealkylation sites (tertiary alicyclic amines) is 1. The third-order valence-electron chi connectivity index (χ3n) is 5.86. The molecule has 0 saturated carbocycles. The van der Waals surface area contributed by atoms with Crippen LogP contribution in [0.4, 0.5) is 4.39 Å². The summed E-state index contributed by atoms with van der Waals surface area (Å²) < 4.78 is 25.2. The number of nitrogens with zero attached hydrogens (tertiary/aromatic N) is 4. The first-order valence-electron chi connectivity index (χ1n) is 10.9. The highest BCUT2D eigenvalue weighted by atomic mass is 19.1. The summed E-state index contributed by atoms with van der Waals surface area (Å²) in [6.45, 7) is 1.25. The topological polar surface area (TPSA) is 98.6 Å². The Balaban J connectivity index is 1.49. The first kappa shape index (κ1) is 23.4. The van der Waals surface area contributed by atoms with Crippen molar-refractivity contribution in [1.82, 2.24) is 25.2 Å². The van der Waals surface area contributed by atoms with Crippen LogP contribution in [0.3, 0.4) is 0 Å². The van der Waals surface area contributed by atoms with Gasteiger partial charge in [0, 0.05) is 19.6 Å². The highest BCUT2D eigenvalue weighted by molar-refractivity contribution is 5.86. The molecule has 2 aromatic carbocycles. The van der Waals surface area contributed by atoms with Crippen LogP contribution in [0.5, 0.6) is 5.75 Å². The number of halogens is 1. The molecule has 178 valence electrons. The Kier molecular flexibility index (Phi) is 7.17. The molecule has 0 aliphatic carbocycles. The smallest absolute Gasteiger partial charge is 0.360 e. The van der Waals surface area contributed by atoms with Crippen LogP contribution < -0.4 is 10.1 Å². The van der Waals surface area contributed by atoms with Crippen molar-refractivity contribution in [2.75, 3.05) is 20.8 Å². The molecular formula is C24H26FN5O4. The average molecular weight is 468 g/mol. The largest absolute Gasteiger partial charge is 0.497 e. The van der Waals surface area contributed by atoms with E-state index in [-0.39, 0.29) is 23.5 Å². The highest BCUT2D eigenvalue weighted by Crippen LogP contribution is 2.29. The lowest BCUT2D eigenvalue weighted by Gasteiger charge is -2.23. The lowest BCUT2D eigenvalue weighted by Crippen LogP contribution is -2.42. The molecule has 2 atom stereocenters. The summed E-state index contributed by atoms with van der Waals surface area (Å²) >= 11 is 0. The van der Waals surface area contributed by atoms with Gasteiger partial charge < -0.3 is 14.8 Å². The fraction of sp³-hybridized carbons (Fsp3) is 0.333. The van der Waals surface area contributed by atoms with Gasteiger partial charge in [-0.15, -0.1) is 5.10 Å². The standard InChI is InChI=1S/C24H26FN5O4/c1-33-20-8-6-16(7-9-20)12-26-23(31)22-11-19(30-15-21(27-28-30)24(32)34-2)14-29(22)13-17-4-3-5-18(25)10-17/h3-10,15,19,22H,11-14H2,1-2H3,(H,26,31)/t19-,22-/m0/s1. The van der Waals surface area contributed by atoms with Crippen molar-refractivity contribution in [2.24, 2.45) is 0 Å². The Morgan fingerprint density at radius 1 is 1.15 bits per heavy atom. The Hall–Kier alpha value is -3.79. The first-order valence-corrected chi connectivity index (χ1v) is 10.9. The first-order chi connectivity index (χ1) is 16.5. The lowest BCUT2D eigenvalue weighted by atomic mass is 10.1. The van der Waals surface area contributed by atoms with Crippen molar-refractivity contribution in [1.29, 1.82) is 0 Å². The summed E-state index contributed by atoms with van der Waals surface area (Å²) in [6.07, 6.45) is 1.99. The molecule has 1 saturated heterocycles. The van der Waals surface area contributed by atoms with Crippen LogP contribution in [0.25, 0.3) is 0 Å². The van der Waals surface area contributed by atoms with E-state index in [2.05, 4.69) is 15.6 Å². The third-order valence-corrected chi connectivity index (χ3v) is 5.86. The van der Waals surface area contributed by atoms with Gasteiger partial charge in [-0.2, -0.15) is 0 Å². The van der Waals surface area contributed by atoms with Crippen molar-refractivity contribution < 1.29 is 23.5 Å². The highest BCUT2D eigenvalue weighted by Gasteiger charge is 2.38. The maximum atomic E-state index is 13.7. The van der Waals surface area contributed by atoms with Gasteiger partial charge in [0.1, 0.15) is 11.6 Å². The minimum absolute atomic E-state index is 0.103. The molecule has 1 amide bonds. The van der Waals surface area contributed by atoms with Crippen LogP contribution >= 0.6 is 0 Å². The molecule has 0 bridgehead atoms. The second-order valence-corrected chi connectivity index (χ2v) is 8.11. The Morgan fingerprint density at radius 3 is 2.65 bits per heavy atom.